The highest BCUT2D eigenvalue weighted by Gasteiger charge is 2.36. The highest BCUT2D eigenvalue weighted by Crippen LogP contribution is 2.21. The molecule has 2 amide bonds. The Kier molecular flexibility index (Phi) is 5.94. The van der Waals surface area contributed by atoms with E-state index in [0.717, 1.165) is 5.56 Å². The van der Waals surface area contributed by atoms with Crippen molar-refractivity contribution in [3.8, 4) is 5.75 Å². The average molecular weight is 385 g/mol. The Morgan fingerprint density at radius 3 is 2.18 bits per heavy atom. The third-order valence-electron chi connectivity index (χ3n) is 4.91. The molecule has 0 aromatic heterocycles. The number of carbonyl (C=O) groups excluding carboxylic acids is 2. The Bertz CT molecular complexity index is 817. The third kappa shape index (κ3) is 4.48. The van der Waals surface area contributed by atoms with Gasteiger partial charge in [0.05, 0.1) is 0 Å². The minimum Gasteiger partial charge on any atom is -0.484 e. The minimum atomic E-state index is -1.11. The van der Waals surface area contributed by atoms with E-state index in [1.165, 1.54) is 24.3 Å². The van der Waals surface area contributed by atoms with Crippen LogP contribution in [0.3, 0.4) is 0 Å². The van der Waals surface area contributed by atoms with Crippen LogP contribution in [0.25, 0.3) is 0 Å². The van der Waals surface area contributed by atoms with E-state index < -0.39 is 5.54 Å². The summed E-state index contributed by atoms with van der Waals surface area (Å²) in [6.45, 7) is 3.25. The van der Waals surface area contributed by atoms with Gasteiger partial charge in [0.25, 0.3) is 5.91 Å². The fourth-order valence-corrected chi connectivity index (χ4v) is 3.16. The zero-order chi connectivity index (χ0) is 20.1. The van der Waals surface area contributed by atoms with Gasteiger partial charge in [-0.1, -0.05) is 30.3 Å². The fraction of sp³-hybridized carbons (Fsp3) is 0.333. The van der Waals surface area contributed by atoms with Crippen molar-refractivity contribution in [1.29, 1.82) is 0 Å². The van der Waals surface area contributed by atoms with Crippen LogP contribution in [-0.2, 0) is 15.1 Å². The maximum atomic E-state index is 12.9. The first-order valence-corrected chi connectivity index (χ1v) is 9.18. The summed E-state index contributed by atoms with van der Waals surface area (Å²) in [5.74, 6) is -0.254. The van der Waals surface area contributed by atoms with Crippen LogP contribution in [0.2, 0.25) is 0 Å². The number of rotatable bonds is 5. The SMILES string of the molecule is CC(N)(C(=O)N1CCN(C(=O)COc2ccc(F)cc2)CC1)c1ccccc1. The largest absolute Gasteiger partial charge is 0.484 e. The molecule has 1 fully saturated rings. The summed E-state index contributed by atoms with van der Waals surface area (Å²) in [5, 5.41) is 0. The van der Waals surface area contributed by atoms with Gasteiger partial charge in [0, 0.05) is 26.2 Å². The van der Waals surface area contributed by atoms with E-state index in [-0.39, 0.29) is 24.2 Å². The van der Waals surface area contributed by atoms with Gasteiger partial charge in [-0.2, -0.15) is 0 Å². The van der Waals surface area contributed by atoms with Gasteiger partial charge in [-0.25, -0.2) is 4.39 Å². The second-order valence-electron chi connectivity index (χ2n) is 6.98. The molecule has 3 rings (SSSR count). The molecule has 2 aromatic carbocycles. The molecule has 0 bridgehead atoms. The molecule has 1 heterocycles. The van der Waals surface area contributed by atoms with Gasteiger partial charge in [-0.3, -0.25) is 9.59 Å². The number of hydrogen-bond acceptors (Lipinski definition) is 4. The summed E-state index contributed by atoms with van der Waals surface area (Å²) in [6, 6.07) is 14.8. The number of nitrogens with zero attached hydrogens (tertiary/aromatic N) is 2. The molecule has 1 atom stereocenters. The van der Waals surface area contributed by atoms with Gasteiger partial charge < -0.3 is 20.3 Å². The zero-order valence-electron chi connectivity index (χ0n) is 15.8. The Morgan fingerprint density at radius 1 is 1.00 bits per heavy atom. The number of hydrogen-bond donors (Lipinski definition) is 1. The van der Waals surface area contributed by atoms with Crippen LogP contribution >= 0.6 is 0 Å². The molecule has 0 saturated carbocycles. The second kappa shape index (κ2) is 8.39. The van der Waals surface area contributed by atoms with E-state index in [9.17, 15) is 14.0 Å². The van der Waals surface area contributed by atoms with E-state index in [1.54, 1.807) is 16.7 Å². The Labute approximate surface area is 163 Å². The first-order valence-electron chi connectivity index (χ1n) is 9.18. The van der Waals surface area contributed by atoms with Gasteiger partial charge >= 0.3 is 0 Å². The average Bonchev–Trinajstić information content (AvgIpc) is 2.73. The van der Waals surface area contributed by atoms with Crippen LogP contribution in [-0.4, -0.2) is 54.4 Å². The van der Waals surface area contributed by atoms with E-state index in [1.807, 2.05) is 30.3 Å². The predicted molar refractivity (Wildman–Crippen MR) is 103 cm³/mol. The van der Waals surface area contributed by atoms with E-state index in [0.29, 0.717) is 31.9 Å². The molecule has 28 heavy (non-hydrogen) atoms. The highest BCUT2D eigenvalue weighted by molar-refractivity contribution is 5.87. The zero-order valence-corrected chi connectivity index (χ0v) is 15.8. The molecule has 1 saturated heterocycles. The standard InChI is InChI=1S/C21H24FN3O3/c1-21(23,16-5-3-2-4-6-16)20(27)25-13-11-24(12-14-25)19(26)15-28-18-9-7-17(22)8-10-18/h2-10H,11-15,23H2,1H3. The molecule has 2 N–H and O–H groups in total. The van der Waals surface area contributed by atoms with Crippen molar-refractivity contribution in [3.63, 3.8) is 0 Å². The number of nitrogens with two attached hydrogens (primary N) is 1. The molecule has 2 aromatic rings. The molecule has 0 radical (unpaired) electrons. The Hall–Kier alpha value is -2.93. The normalized spacial score (nSPS) is 16.4. The van der Waals surface area contributed by atoms with Crippen LogP contribution in [0.5, 0.6) is 5.75 Å². The maximum Gasteiger partial charge on any atom is 0.260 e. The van der Waals surface area contributed by atoms with Gasteiger partial charge in [-0.05, 0) is 36.8 Å². The maximum absolute atomic E-state index is 12.9. The van der Waals surface area contributed by atoms with Crippen molar-refractivity contribution >= 4 is 11.8 Å². The summed E-state index contributed by atoms with van der Waals surface area (Å²) in [5.41, 5.74) is 5.95. The summed E-state index contributed by atoms with van der Waals surface area (Å²) >= 11 is 0. The molecular weight excluding hydrogens is 361 g/mol. The summed E-state index contributed by atoms with van der Waals surface area (Å²) in [7, 11) is 0. The van der Waals surface area contributed by atoms with Crippen molar-refractivity contribution in [2.75, 3.05) is 32.8 Å². The number of halogens is 1. The number of benzene rings is 2. The third-order valence-corrected chi connectivity index (χ3v) is 4.91. The lowest BCUT2D eigenvalue weighted by atomic mass is 9.91. The van der Waals surface area contributed by atoms with Gasteiger partial charge in [0.2, 0.25) is 5.91 Å². The summed E-state index contributed by atoms with van der Waals surface area (Å²) in [6.07, 6.45) is 0. The lowest BCUT2D eigenvalue weighted by Gasteiger charge is -2.38. The lowest BCUT2D eigenvalue weighted by molar-refractivity contribution is -0.143. The molecule has 1 aliphatic rings. The first-order chi connectivity index (χ1) is 13.4. The molecular formula is C21H24FN3O3. The molecule has 7 heteroatoms. The monoisotopic (exact) mass is 385 g/mol. The lowest BCUT2D eigenvalue weighted by Crippen LogP contribution is -2.57. The highest BCUT2D eigenvalue weighted by atomic mass is 19.1. The van der Waals surface area contributed by atoms with Crippen molar-refractivity contribution in [3.05, 3.63) is 66.0 Å². The molecule has 0 aliphatic carbocycles. The Morgan fingerprint density at radius 2 is 1.57 bits per heavy atom. The fourth-order valence-electron chi connectivity index (χ4n) is 3.16. The quantitative estimate of drug-likeness (QED) is 0.851. The van der Waals surface area contributed by atoms with Crippen molar-refractivity contribution in [1.82, 2.24) is 9.80 Å². The number of carbonyl (C=O) groups is 2. The van der Waals surface area contributed by atoms with Crippen LogP contribution in [0.4, 0.5) is 4.39 Å². The van der Waals surface area contributed by atoms with Crippen molar-refractivity contribution in [2.45, 2.75) is 12.5 Å². The van der Waals surface area contributed by atoms with E-state index in [2.05, 4.69) is 0 Å². The number of ether oxygens (including phenoxy) is 1. The minimum absolute atomic E-state index is 0.127. The Balaban J connectivity index is 1.51. The second-order valence-corrected chi connectivity index (χ2v) is 6.98. The van der Waals surface area contributed by atoms with Crippen molar-refractivity contribution in [2.24, 2.45) is 5.73 Å². The van der Waals surface area contributed by atoms with E-state index >= 15 is 0 Å². The van der Waals surface area contributed by atoms with Crippen LogP contribution in [0, 0.1) is 5.82 Å². The first kappa shape index (κ1) is 19.8. The van der Waals surface area contributed by atoms with Crippen LogP contribution in [0.1, 0.15) is 12.5 Å². The number of piperazine rings is 1. The van der Waals surface area contributed by atoms with E-state index in [4.69, 9.17) is 10.5 Å². The smallest absolute Gasteiger partial charge is 0.260 e. The van der Waals surface area contributed by atoms with Crippen LogP contribution < -0.4 is 10.5 Å². The van der Waals surface area contributed by atoms with Gasteiger partial charge in [-0.15, -0.1) is 0 Å². The number of amides is 2. The molecule has 148 valence electrons. The van der Waals surface area contributed by atoms with Gasteiger partial charge in [0.15, 0.2) is 6.61 Å². The summed E-state index contributed by atoms with van der Waals surface area (Å²) < 4.78 is 18.3. The summed E-state index contributed by atoms with van der Waals surface area (Å²) in [4.78, 5) is 28.6. The van der Waals surface area contributed by atoms with Gasteiger partial charge in [0.1, 0.15) is 17.1 Å². The topological polar surface area (TPSA) is 75.9 Å². The molecule has 1 unspecified atom stereocenters. The van der Waals surface area contributed by atoms with Crippen LogP contribution in [0.15, 0.2) is 54.6 Å². The molecule has 0 spiro atoms. The predicted octanol–water partition coefficient (Wildman–Crippen LogP) is 1.75. The molecule has 6 nitrogen and oxygen atoms in total. The van der Waals surface area contributed by atoms with Crippen molar-refractivity contribution < 1.29 is 18.7 Å². The molecule has 1 aliphatic heterocycles.